The molecule has 3 N–H and O–H groups in total. The van der Waals surface area contributed by atoms with E-state index in [0.717, 1.165) is 24.4 Å². The van der Waals surface area contributed by atoms with Crippen LogP contribution in [-0.4, -0.2) is 32.9 Å². The molecule has 2 rings (SSSR count). The summed E-state index contributed by atoms with van der Waals surface area (Å²) in [5.41, 5.74) is 7.22. The molecule has 1 aliphatic rings. The van der Waals surface area contributed by atoms with E-state index in [1.807, 2.05) is 0 Å². The molecule has 19 heavy (non-hydrogen) atoms. The van der Waals surface area contributed by atoms with Crippen LogP contribution in [0.1, 0.15) is 19.8 Å². The van der Waals surface area contributed by atoms with Crippen LogP contribution in [0.5, 0.6) is 0 Å². The van der Waals surface area contributed by atoms with Gasteiger partial charge in [0.15, 0.2) is 0 Å². The third kappa shape index (κ3) is 2.84. The summed E-state index contributed by atoms with van der Waals surface area (Å²) >= 11 is 0. The van der Waals surface area contributed by atoms with Crippen molar-refractivity contribution in [1.29, 1.82) is 0 Å². The number of nitrogens with one attached hydrogen (secondary N) is 1. The summed E-state index contributed by atoms with van der Waals surface area (Å²) in [7, 11) is -0.405. The fourth-order valence-electron chi connectivity index (χ4n) is 2.28. The maximum absolute atomic E-state index is 12.0. The number of anilines is 2. The molecule has 106 valence electrons. The first kappa shape index (κ1) is 14.1. The van der Waals surface area contributed by atoms with Gasteiger partial charge in [0.2, 0.25) is 10.0 Å². The first-order valence-corrected chi connectivity index (χ1v) is 7.83. The van der Waals surface area contributed by atoms with Gasteiger partial charge in [-0.2, -0.15) is 0 Å². The Hall–Kier alpha value is -1.27. The summed E-state index contributed by atoms with van der Waals surface area (Å²) in [5, 5.41) is 3.35. The molecule has 0 saturated heterocycles. The number of nitrogen functional groups attached to an aromatic ring is 1. The number of rotatable bonds is 4. The third-order valence-corrected chi connectivity index (χ3v) is 5.35. The molecule has 6 heteroatoms. The van der Waals surface area contributed by atoms with E-state index in [1.165, 1.54) is 24.5 Å². The molecule has 0 radical (unpaired) electrons. The quantitative estimate of drug-likeness (QED) is 0.825. The van der Waals surface area contributed by atoms with Gasteiger partial charge in [-0.25, -0.2) is 12.7 Å². The van der Waals surface area contributed by atoms with Crippen LogP contribution in [0.25, 0.3) is 0 Å². The molecule has 1 aliphatic carbocycles. The topological polar surface area (TPSA) is 75.4 Å². The summed E-state index contributed by atoms with van der Waals surface area (Å²) < 4.78 is 25.1. The maximum Gasteiger partial charge on any atom is 0.242 e. The van der Waals surface area contributed by atoms with Gasteiger partial charge in [-0.3, -0.25) is 0 Å². The lowest BCUT2D eigenvalue weighted by molar-refractivity contribution is 0.309. The lowest BCUT2D eigenvalue weighted by Gasteiger charge is -2.34. The summed E-state index contributed by atoms with van der Waals surface area (Å²) in [6.45, 7) is 2.22. The van der Waals surface area contributed by atoms with Gasteiger partial charge in [0.05, 0.1) is 16.3 Å². The van der Waals surface area contributed by atoms with Gasteiger partial charge >= 0.3 is 0 Å². The molecule has 0 spiro atoms. The summed E-state index contributed by atoms with van der Waals surface area (Å²) in [6, 6.07) is 5.30. The Balaban J connectivity index is 2.18. The van der Waals surface area contributed by atoms with Crippen molar-refractivity contribution in [2.24, 2.45) is 5.92 Å². The highest BCUT2D eigenvalue weighted by atomic mass is 32.2. The standard InChI is InChI=1S/C13H21N3O2S/c1-9-6-10(7-9)15-13-5-4-11(8-12(13)14)19(17,18)16(2)3/h4-5,8-10,15H,6-7,14H2,1-3H3. The van der Waals surface area contributed by atoms with Crippen molar-refractivity contribution in [3.8, 4) is 0 Å². The minimum Gasteiger partial charge on any atom is -0.397 e. The average molecular weight is 283 g/mol. The highest BCUT2D eigenvalue weighted by Gasteiger charge is 2.26. The molecule has 0 atom stereocenters. The van der Waals surface area contributed by atoms with E-state index in [9.17, 15) is 8.42 Å². The highest BCUT2D eigenvalue weighted by Crippen LogP contribution is 2.32. The van der Waals surface area contributed by atoms with Crippen molar-refractivity contribution in [2.45, 2.75) is 30.7 Å². The minimum absolute atomic E-state index is 0.225. The molecule has 0 amide bonds. The molecule has 0 aliphatic heterocycles. The Morgan fingerprint density at radius 2 is 1.95 bits per heavy atom. The van der Waals surface area contributed by atoms with Crippen molar-refractivity contribution in [2.75, 3.05) is 25.1 Å². The van der Waals surface area contributed by atoms with Gasteiger partial charge in [-0.15, -0.1) is 0 Å². The Morgan fingerprint density at radius 3 is 2.42 bits per heavy atom. The lowest BCUT2D eigenvalue weighted by Crippen LogP contribution is -2.34. The molecular weight excluding hydrogens is 262 g/mol. The van der Waals surface area contributed by atoms with E-state index < -0.39 is 10.0 Å². The van der Waals surface area contributed by atoms with Crippen LogP contribution in [0.2, 0.25) is 0 Å². The Bertz CT molecular complexity index is 563. The van der Waals surface area contributed by atoms with E-state index >= 15 is 0 Å². The summed E-state index contributed by atoms with van der Waals surface area (Å²) in [5.74, 6) is 0.757. The van der Waals surface area contributed by atoms with Crippen molar-refractivity contribution < 1.29 is 8.42 Å². The fourth-order valence-corrected chi connectivity index (χ4v) is 3.22. The van der Waals surface area contributed by atoms with Crippen LogP contribution in [0.15, 0.2) is 23.1 Å². The number of nitrogens with zero attached hydrogens (tertiary/aromatic N) is 1. The van der Waals surface area contributed by atoms with Crippen molar-refractivity contribution >= 4 is 21.4 Å². The number of nitrogens with two attached hydrogens (primary N) is 1. The first-order valence-electron chi connectivity index (χ1n) is 6.39. The Labute approximate surface area is 114 Å². The second-order valence-electron chi connectivity index (χ2n) is 5.45. The SMILES string of the molecule is CC1CC(Nc2ccc(S(=O)(=O)N(C)C)cc2N)C1. The van der Waals surface area contributed by atoms with Gasteiger partial charge in [0.25, 0.3) is 0 Å². The molecule has 1 aromatic rings. The minimum atomic E-state index is -3.42. The maximum atomic E-state index is 12.0. The number of sulfonamides is 1. The van der Waals surface area contributed by atoms with Crippen molar-refractivity contribution in [1.82, 2.24) is 4.31 Å². The largest absolute Gasteiger partial charge is 0.397 e. The van der Waals surface area contributed by atoms with E-state index in [0.29, 0.717) is 11.7 Å². The van der Waals surface area contributed by atoms with Gasteiger partial charge < -0.3 is 11.1 Å². The number of hydrogen-bond donors (Lipinski definition) is 2. The van der Waals surface area contributed by atoms with Gasteiger partial charge in [-0.05, 0) is 37.0 Å². The Morgan fingerprint density at radius 1 is 1.32 bits per heavy atom. The smallest absolute Gasteiger partial charge is 0.242 e. The molecule has 1 fully saturated rings. The second-order valence-corrected chi connectivity index (χ2v) is 7.61. The van der Waals surface area contributed by atoms with Crippen molar-refractivity contribution in [3.63, 3.8) is 0 Å². The zero-order chi connectivity index (χ0) is 14.2. The Kier molecular flexibility index (Phi) is 3.73. The third-order valence-electron chi connectivity index (χ3n) is 3.54. The van der Waals surface area contributed by atoms with Crippen LogP contribution >= 0.6 is 0 Å². The average Bonchev–Trinajstić information content (AvgIpc) is 2.29. The monoisotopic (exact) mass is 283 g/mol. The van der Waals surface area contributed by atoms with Crippen molar-refractivity contribution in [3.05, 3.63) is 18.2 Å². The van der Waals surface area contributed by atoms with Crippen LogP contribution in [-0.2, 0) is 10.0 Å². The van der Waals surface area contributed by atoms with E-state index in [2.05, 4.69) is 12.2 Å². The molecule has 0 heterocycles. The van der Waals surface area contributed by atoms with Gasteiger partial charge in [-0.1, -0.05) is 6.92 Å². The van der Waals surface area contributed by atoms with Gasteiger partial charge in [0, 0.05) is 20.1 Å². The van der Waals surface area contributed by atoms with Crippen LogP contribution in [0, 0.1) is 5.92 Å². The summed E-state index contributed by atoms with van der Waals surface area (Å²) in [4.78, 5) is 0.225. The van der Waals surface area contributed by atoms with E-state index in [-0.39, 0.29) is 4.90 Å². The molecule has 1 aromatic carbocycles. The molecule has 5 nitrogen and oxygen atoms in total. The predicted octanol–water partition coefficient (Wildman–Crippen LogP) is 1.73. The fraction of sp³-hybridized carbons (Fsp3) is 0.538. The zero-order valence-corrected chi connectivity index (χ0v) is 12.4. The first-order chi connectivity index (χ1) is 8.80. The van der Waals surface area contributed by atoms with Crippen LogP contribution in [0.4, 0.5) is 11.4 Å². The molecule has 1 saturated carbocycles. The molecular formula is C13H21N3O2S. The molecule has 0 aromatic heterocycles. The molecule has 0 unspecified atom stereocenters. The van der Waals surface area contributed by atoms with Gasteiger partial charge in [0.1, 0.15) is 0 Å². The normalized spacial score (nSPS) is 23.2. The second kappa shape index (κ2) is 5.02. The van der Waals surface area contributed by atoms with Crippen LogP contribution < -0.4 is 11.1 Å². The molecule has 0 bridgehead atoms. The van der Waals surface area contributed by atoms with Crippen LogP contribution in [0.3, 0.4) is 0 Å². The zero-order valence-electron chi connectivity index (χ0n) is 11.6. The summed E-state index contributed by atoms with van der Waals surface area (Å²) in [6.07, 6.45) is 2.27. The lowest BCUT2D eigenvalue weighted by atomic mass is 9.82. The number of benzene rings is 1. The predicted molar refractivity (Wildman–Crippen MR) is 77.5 cm³/mol. The van der Waals surface area contributed by atoms with E-state index in [4.69, 9.17) is 5.73 Å². The number of hydrogen-bond acceptors (Lipinski definition) is 4. The highest BCUT2D eigenvalue weighted by molar-refractivity contribution is 7.89. The van der Waals surface area contributed by atoms with E-state index in [1.54, 1.807) is 12.1 Å².